The van der Waals surface area contributed by atoms with E-state index in [1.165, 1.54) is 5.56 Å². The number of para-hydroxylation sites is 2. The zero-order chi connectivity index (χ0) is 18.5. The van der Waals surface area contributed by atoms with Crippen molar-refractivity contribution in [2.24, 2.45) is 0 Å². The number of nitrogens with zero attached hydrogens (tertiary/aromatic N) is 4. The maximum absolute atomic E-state index is 12.2. The summed E-state index contributed by atoms with van der Waals surface area (Å²) in [6, 6.07) is 16.2. The van der Waals surface area contributed by atoms with Crippen LogP contribution >= 0.6 is 0 Å². The number of benzene rings is 2. The van der Waals surface area contributed by atoms with E-state index >= 15 is 0 Å². The number of hydrogen-bond acceptors (Lipinski definition) is 3. The lowest BCUT2D eigenvalue weighted by Gasteiger charge is -2.08. The number of hydrogen-bond donors (Lipinski definition) is 1. The van der Waals surface area contributed by atoms with Gasteiger partial charge in [0.25, 0.3) is 0 Å². The Labute approximate surface area is 157 Å². The van der Waals surface area contributed by atoms with Crippen LogP contribution in [-0.2, 0) is 24.4 Å². The summed E-state index contributed by atoms with van der Waals surface area (Å²) in [5.41, 5.74) is 4.30. The Balaban J connectivity index is 1.26. The van der Waals surface area contributed by atoms with Crippen molar-refractivity contribution >= 4 is 16.9 Å². The normalized spacial score (nSPS) is 11.0. The topological polar surface area (TPSA) is 64.7 Å². The Kier molecular flexibility index (Phi) is 4.96. The molecule has 136 valence electrons. The maximum Gasteiger partial charge on any atom is 0.222 e. The minimum atomic E-state index is 0.0373. The highest BCUT2D eigenvalue weighted by Gasteiger charge is 2.05. The van der Waals surface area contributed by atoms with Crippen LogP contribution in [0.1, 0.15) is 17.5 Å². The lowest BCUT2D eigenvalue weighted by molar-refractivity contribution is -0.121. The Morgan fingerprint density at radius 3 is 2.63 bits per heavy atom. The number of carbonyl (C=O) groups is 1. The van der Waals surface area contributed by atoms with Crippen LogP contribution < -0.4 is 5.32 Å². The maximum atomic E-state index is 12.2. The molecule has 2 heterocycles. The lowest BCUT2D eigenvalue weighted by atomic mass is 10.1. The average Bonchev–Trinajstić information content (AvgIpc) is 3.35. The Bertz CT molecular complexity index is 1020. The highest BCUT2D eigenvalue weighted by molar-refractivity contribution is 5.77. The fourth-order valence-electron chi connectivity index (χ4n) is 3.05. The summed E-state index contributed by atoms with van der Waals surface area (Å²) in [6.45, 7) is 1.95. The first-order valence-corrected chi connectivity index (χ1v) is 8.98. The second-order valence-corrected chi connectivity index (χ2v) is 6.50. The molecular formula is C21H21N5O. The molecule has 1 amide bonds. The second-order valence-electron chi connectivity index (χ2n) is 6.50. The minimum absolute atomic E-state index is 0.0373. The fraction of sp³-hybridized carbons (Fsp3) is 0.190. The summed E-state index contributed by atoms with van der Waals surface area (Å²) >= 11 is 0. The third-order valence-electron chi connectivity index (χ3n) is 4.54. The van der Waals surface area contributed by atoms with E-state index < -0.39 is 0 Å². The molecule has 0 spiro atoms. The number of carbonyl (C=O) groups excluding carboxylic acids is 1. The molecule has 2 aromatic heterocycles. The van der Waals surface area contributed by atoms with Crippen molar-refractivity contribution in [2.75, 3.05) is 0 Å². The van der Waals surface area contributed by atoms with Gasteiger partial charge in [0.1, 0.15) is 0 Å². The second kappa shape index (κ2) is 7.86. The van der Waals surface area contributed by atoms with Gasteiger partial charge in [0, 0.05) is 38.4 Å². The standard InChI is InChI=1S/C21H21N5O/c27-21(9-11-26-16-24-19-3-1-2-4-20(19)26)23-13-17-5-7-18(8-6-17)14-25-12-10-22-15-25/h1-8,10,12,15-16H,9,11,13-14H2,(H,23,27). The van der Waals surface area contributed by atoms with E-state index in [4.69, 9.17) is 0 Å². The van der Waals surface area contributed by atoms with E-state index in [9.17, 15) is 4.79 Å². The molecule has 0 saturated carbocycles. The monoisotopic (exact) mass is 359 g/mol. The number of amides is 1. The number of rotatable bonds is 7. The highest BCUT2D eigenvalue weighted by atomic mass is 16.1. The first-order valence-electron chi connectivity index (χ1n) is 8.98. The smallest absolute Gasteiger partial charge is 0.222 e. The van der Waals surface area contributed by atoms with Gasteiger partial charge < -0.3 is 14.5 Å². The van der Waals surface area contributed by atoms with Gasteiger partial charge in [0.05, 0.1) is 23.7 Å². The van der Waals surface area contributed by atoms with Gasteiger partial charge in [-0.1, -0.05) is 36.4 Å². The van der Waals surface area contributed by atoms with Gasteiger partial charge in [-0.2, -0.15) is 0 Å². The van der Waals surface area contributed by atoms with E-state index in [1.807, 2.05) is 39.6 Å². The SMILES string of the molecule is O=C(CCn1cnc2ccccc21)NCc1ccc(Cn2ccnc2)cc1. The van der Waals surface area contributed by atoms with Crippen molar-refractivity contribution in [3.8, 4) is 0 Å². The van der Waals surface area contributed by atoms with Crippen LogP contribution in [0.15, 0.2) is 73.6 Å². The number of nitrogens with one attached hydrogen (secondary N) is 1. The molecule has 27 heavy (non-hydrogen) atoms. The molecule has 0 fully saturated rings. The zero-order valence-electron chi connectivity index (χ0n) is 15.0. The van der Waals surface area contributed by atoms with Crippen LogP contribution in [0, 0.1) is 0 Å². The first kappa shape index (κ1) is 17.0. The highest BCUT2D eigenvalue weighted by Crippen LogP contribution is 2.12. The summed E-state index contributed by atoms with van der Waals surface area (Å²) in [5, 5.41) is 2.99. The number of aryl methyl sites for hydroxylation is 1. The first-order chi connectivity index (χ1) is 13.3. The predicted octanol–water partition coefficient (Wildman–Crippen LogP) is 2.99. The average molecular weight is 359 g/mol. The number of imidazole rings is 2. The van der Waals surface area contributed by atoms with E-state index in [2.05, 4.69) is 39.6 Å². The number of fused-ring (bicyclic) bond motifs is 1. The third-order valence-corrected chi connectivity index (χ3v) is 4.54. The molecule has 2 aromatic carbocycles. The van der Waals surface area contributed by atoms with Gasteiger partial charge in [-0.05, 0) is 23.3 Å². The van der Waals surface area contributed by atoms with Crippen molar-refractivity contribution < 1.29 is 4.79 Å². The third kappa shape index (κ3) is 4.23. The quantitative estimate of drug-likeness (QED) is 0.552. The van der Waals surface area contributed by atoms with Gasteiger partial charge in [-0.15, -0.1) is 0 Å². The van der Waals surface area contributed by atoms with E-state index in [0.717, 1.165) is 23.1 Å². The molecule has 0 aliphatic heterocycles. The summed E-state index contributed by atoms with van der Waals surface area (Å²) in [5.74, 6) is 0.0373. The van der Waals surface area contributed by atoms with Gasteiger partial charge in [-0.3, -0.25) is 4.79 Å². The van der Waals surface area contributed by atoms with Crippen LogP contribution in [0.3, 0.4) is 0 Å². The van der Waals surface area contributed by atoms with Crippen molar-refractivity contribution in [1.29, 1.82) is 0 Å². The van der Waals surface area contributed by atoms with Crippen molar-refractivity contribution in [3.05, 3.63) is 84.7 Å². The molecule has 4 rings (SSSR count). The van der Waals surface area contributed by atoms with Gasteiger partial charge in [-0.25, -0.2) is 9.97 Å². The number of aromatic nitrogens is 4. The minimum Gasteiger partial charge on any atom is -0.352 e. The van der Waals surface area contributed by atoms with Crippen LogP contribution in [0.5, 0.6) is 0 Å². The molecule has 0 atom stereocenters. The van der Waals surface area contributed by atoms with E-state index in [-0.39, 0.29) is 5.91 Å². The largest absolute Gasteiger partial charge is 0.352 e. The molecule has 0 aliphatic rings. The molecule has 4 aromatic rings. The molecule has 0 aliphatic carbocycles. The molecule has 1 N–H and O–H groups in total. The molecule has 6 heteroatoms. The Morgan fingerprint density at radius 1 is 1.00 bits per heavy atom. The van der Waals surface area contributed by atoms with Crippen LogP contribution in [0.25, 0.3) is 11.0 Å². The van der Waals surface area contributed by atoms with Gasteiger partial charge in [0.2, 0.25) is 5.91 Å². The van der Waals surface area contributed by atoms with Gasteiger partial charge in [0.15, 0.2) is 0 Å². The predicted molar refractivity (Wildman–Crippen MR) is 104 cm³/mol. The molecule has 0 saturated heterocycles. The lowest BCUT2D eigenvalue weighted by Crippen LogP contribution is -2.23. The van der Waals surface area contributed by atoms with Crippen LogP contribution in [0.4, 0.5) is 0 Å². The van der Waals surface area contributed by atoms with E-state index in [0.29, 0.717) is 19.5 Å². The van der Waals surface area contributed by atoms with Crippen molar-refractivity contribution in [1.82, 2.24) is 24.4 Å². The Morgan fingerprint density at radius 2 is 1.81 bits per heavy atom. The van der Waals surface area contributed by atoms with Crippen LogP contribution in [-0.4, -0.2) is 25.0 Å². The van der Waals surface area contributed by atoms with Crippen LogP contribution in [0.2, 0.25) is 0 Å². The Hall–Kier alpha value is -3.41. The molecule has 0 unspecified atom stereocenters. The summed E-state index contributed by atoms with van der Waals surface area (Å²) < 4.78 is 4.04. The molecule has 0 bridgehead atoms. The van der Waals surface area contributed by atoms with Crippen molar-refractivity contribution in [2.45, 2.75) is 26.1 Å². The zero-order valence-corrected chi connectivity index (χ0v) is 15.0. The fourth-order valence-corrected chi connectivity index (χ4v) is 3.05. The van der Waals surface area contributed by atoms with E-state index in [1.54, 1.807) is 18.9 Å². The molecule has 6 nitrogen and oxygen atoms in total. The summed E-state index contributed by atoms with van der Waals surface area (Å²) in [7, 11) is 0. The molecule has 0 radical (unpaired) electrons. The van der Waals surface area contributed by atoms with Gasteiger partial charge >= 0.3 is 0 Å². The summed E-state index contributed by atoms with van der Waals surface area (Å²) in [6.07, 6.45) is 7.74. The summed E-state index contributed by atoms with van der Waals surface area (Å²) in [4.78, 5) is 20.6. The van der Waals surface area contributed by atoms with Crippen molar-refractivity contribution in [3.63, 3.8) is 0 Å². The molecular weight excluding hydrogens is 338 g/mol.